The predicted molar refractivity (Wildman–Crippen MR) is 83.7 cm³/mol. The second-order valence-corrected chi connectivity index (χ2v) is 7.67. The maximum absolute atomic E-state index is 12.8. The molecule has 0 N–H and O–H groups in total. The van der Waals surface area contributed by atoms with Gasteiger partial charge in [-0.2, -0.15) is 18.3 Å². The van der Waals surface area contributed by atoms with E-state index in [1.165, 1.54) is 4.68 Å². The summed E-state index contributed by atoms with van der Waals surface area (Å²) in [7, 11) is -1.04. The molecule has 0 radical (unpaired) electrons. The van der Waals surface area contributed by atoms with Crippen LogP contribution in [0.3, 0.4) is 0 Å². The summed E-state index contributed by atoms with van der Waals surface area (Å²) in [5.41, 5.74) is 0.884. The second kappa shape index (κ2) is 5.79. The molecule has 124 valence electrons. The van der Waals surface area contributed by atoms with Crippen LogP contribution >= 0.6 is 23.2 Å². The van der Waals surface area contributed by atoms with Gasteiger partial charge in [0.1, 0.15) is 5.69 Å². The van der Waals surface area contributed by atoms with E-state index in [1.807, 2.05) is 0 Å². The van der Waals surface area contributed by atoms with Crippen molar-refractivity contribution in [3.05, 3.63) is 45.2 Å². The summed E-state index contributed by atoms with van der Waals surface area (Å²) in [6, 6.07) is 1.65. The molecule has 2 atom stereocenters. The molecule has 2 aromatic rings. The first-order chi connectivity index (χ1) is 10.7. The zero-order valence-electron chi connectivity index (χ0n) is 11.8. The van der Waals surface area contributed by atoms with Gasteiger partial charge in [0.2, 0.25) is 0 Å². The molecule has 1 heterocycles. The summed E-state index contributed by atoms with van der Waals surface area (Å²) in [6.07, 6.45) is 0.157. The highest BCUT2D eigenvalue weighted by atomic mass is 35.5. The van der Waals surface area contributed by atoms with E-state index in [-0.39, 0.29) is 21.0 Å². The summed E-state index contributed by atoms with van der Waals surface area (Å²) in [5, 5.41) is 3.94. The maximum atomic E-state index is 12.8. The van der Waals surface area contributed by atoms with Crippen LogP contribution in [0.5, 0.6) is 0 Å². The SMILES string of the molecule is CS(=O)C1CCc2nn(-c3c(Cl)cc(C(F)(F)F)cc3Cl)cc21. The van der Waals surface area contributed by atoms with Gasteiger partial charge in [-0.05, 0) is 25.0 Å². The lowest BCUT2D eigenvalue weighted by molar-refractivity contribution is -0.137. The number of alkyl halides is 3. The number of hydrogen-bond donors (Lipinski definition) is 0. The summed E-state index contributed by atoms with van der Waals surface area (Å²) in [4.78, 5) is 0. The molecule has 1 aliphatic carbocycles. The molecule has 2 unspecified atom stereocenters. The Morgan fingerprint density at radius 1 is 1.30 bits per heavy atom. The van der Waals surface area contributed by atoms with Crippen molar-refractivity contribution in [2.45, 2.75) is 24.3 Å². The van der Waals surface area contributed by atoms with Gasteiger partial charge >= 0.3 is 6.18 Å². The van der Waals surface area contributed by atoms with Crippen molar-refractivity contribution < 1.29 is 17.4 Å². The highest BCUT2D eigenvalue weighted by molar-refractivity contribution is 7.84. The van der Waals surface area contributed by atoms with Crippen molar-refractivity contribution in [3.63, 3.8) is 0 Å². The average molecular weight is 383 g/mol. The molecule has 9 heteroatoms. The highest BCUT2D eigenvalue weighted by Crippen LogP contribution is 2.39. The second-order valence-electron chi connectivity index (χ2n) is 5.29. The van der Waals surface area contributed by atoms with Crippen molar-refractivity contribution in [3.8, 4) is 5.69 Å². The van der Waals surface area contributed by atoms with Gasteiger partial charge in [0.05, 0.1) is 26.6 Å². The van der Waals surface area contributed by atoms with Crippen LogP contribution in [0.2, 0.25) is 10.0 Å². The topological polar surface area (TPSA) is 34.9 Å². The van der Waals surface area contributed by atoms with Gasteiger partial charge < -0.3 is 0 Å². The van der Waals surface area contributed by atoms with Gasteiger partial charge in [-0.15, -0.1) is 0 Å². The van der Waals surface area contributed by atoms with Crippen molar-refractivity contribution in [2.24, 2.45) is 0 Å². The highest BCUT2D eigenvalue weighted by Gasteiger charge is 2.33. The van der Waals surface area contributed by atoms with Crippen LogP contribution in [-0.2, 0) is 23.4 Å². The fraction of sp³-hybridized carbons (Fsp3) is 0.357. The molecule has 1 aliphatic rings. The zero-order chi connectivity index (χ0) is 16.9. The summed E-state index contributed by atoms with van der Waals surface area (Å²) in [6.45, 7) is 0. The Hall–Kier alpha value is -1.05. The van der Waals surface area contributed by atoms with Gasteiger partial charge in [-0.3, -0.25) is 4.21 Å². The van der Waals surface area contributed by atoms with Gasteiger partial charge in [0, 0.05) is 28.8 Å². The third kappa shape index (κ3) is 3.02. The van der Waals surface area contributed by atoms with Crippen LogP contribution in [0.15, 0.2) is 18.3 Å². The van der Waals surface area contributed by atoms with E-state index in [9.17, 15) is 17.4 Å². The smallest absolute Gasteiger partial charge is 0.259 e. The first kappa shape index (κ1) is 16.8. The van der Waals surface area contributed by atoms with Crippen LogP contribution in [0.4, 0.5) is 13.2 Å². The summed E-state index contributed by atoms with van der Waals surface area (Å²) >= 11 is 12.0. The summed E-state index contributed by atoms with van der Waals surface area (Å²) in [5.74, 6) is 0. The largest absolute Gasteiger partial charge is 0.416 e. The standard InChI is InChI=1S/C14H11Cl2F3N2OS/c1-23(22)12-3-2-11-8(12)6-21(20-11)13-9(15)4-7(5-10(13)16)14(17,18)19/h4-6,12H,2-3H2,1H3. The number of rotatable bonds is 2. The fourth-order valence-electron chi connectivity index (χ4n) is 2.72. The molecular formula is C14H11Cl2F3N2OS. The number of nitrogens with zero attached hydrogens (tertiary/aromatic N) is 2. The van der Waals surface area contributed by atoms with E-state index >= 15 is 0 Å². The number of benzene rings is 1. The van der Waals surface area contributed by atoms with Gasteiger partial charge in [-0.1, -0.05) is 23.2 Å². The number of hydrogen-bond acceptors (Lipinski definition) is 2. The third-order valence-electron chi connectivity index (χ3n) is 3.79. The molecule has 0 spiro atoms. The quantitative estimate of drug-likeness (QED) is 0.762. The van der Waals surface area contributed by atoms with Crippen LogP contribution in [0, 0.1) is 0 Å². The molecule has 0 bridgehead atoms. The number of halogens is 5. The van der Waals surface area contributed by atoms with Crippen LogP contribution in [-0.4, -0.2) is 20.2 Å². The summed E-state index contributed by atoms with van der Waals surface area (Å²) < 4.78 is 51.5. The van der Waals surface area contributed by atoms with Crippen LogP contribution < -0.4 is 0 Å². The van der Waals surface area contributed by atoms with Gasteiger partial charge in [0.25, 0.3) is 0 Å². The van der Waals surface area contributed by atoms with E-state index in [0.29, 0.717) is 6.42 Å². The molecule has 0 fully saturated rings. The fourth-order valence-corrected chi connectivity index (χ4v) is 4.38. The number of aromatic nitrogens is 2. The Morgan fingerprint density at radius 3 is 2.43 bits per heavy atom. The molecule has 3 nitrogen and oxygen atoms in total. The molecule has 3 rings (SSSR count). The molecule has 0 saturated heterocycles. The van der Waals surface area contributed by atoms with E-state index in [1.54, 1.807) is 12.5 Å². The normalized spacial score (nSPS) is 19.0. The zero-order valence-corrected chi connectivity index (χ0v) is 14.2. The lowest BCUT2D eigenvalue weighted by atomic mass is 10.2. The molecule has 23 heavy (non-hydrogen) atoms. The Labute approximate surface area is 142 Å². The Bertz CT molecular complexity index is 781. The minimum atomic E-state index is -4.53. The maximum Gasteiger partial charge on any atom is 0.416 e. The monoisotopic (exact) mass is 382 g/mol. The Kier molecular flexibility index (Phi) is 4.23. The van der Waals surface area contributed by atoms with Gasteiger partial charge in [0.15, 0.2) is 0 Å². The molecular weight excluding hydrogens is 372 g/mol. The molecule has 1 aromatic heterocycles. The van der Waals surface area contributed by atoms with E-state index in [4.69, 9.17) is 23.2 Å². The van der Waals surface area contributed by atoms with Gasteiger partial charge in [-0.25, -0.2) is 4.68 Å². The molecule has 1 aromatic carbocycles. The van der Waals surface area contributed by atoms with E-state index < -0.39 is 22.5 Å². The Balaban J connectivity index is 2.07. The predicted octanol–water partition coefficient (Wildman–Crippen LogP) is 4.56. The van der Waals surface area contributed by atoms with Crippen molar-refractivity contribution in [1.29, 1.82) is 0 Å². The lowest BCUT2D eigenvalue weighted by Gasteiger charge is -2.12. The molecule has 0 amide bonds. The first-order valence-electron chi connectivity index (χ1n) is 6.65. The third-order valence-corrected chi connectivity index (χ3v) is 5.65. The first-order valence-corrected chi connectivity index (χ1v) is 9.03. The minimum Gasteiger partial charge on any atom is -0.259 e. The van der Waals surface area contributed by atoms with Crippen molar-refractivity contribution >= 4 is 34.0 Å². The number of fused-ring (bicyclic) bond motifs is 1. The van der Waals surface area contributed by atoms with E-state index in [0.717, 1.165) is 29.8 Å². The van der Waals surface area contributed by atoms with Crippen molar-refractivity contribution in [2.75, 3.05) is 6.26 Å². The molecule has 0 saturated carbocycles. The lowest BCUT2D eigenvalue weighted by Crippen LogP contribution is -2.07. The van der Waals surface area contributed by atoms with Crippen LogP contribution in [0.1, 0.15) is 28.5 Å². The molecule has 0 aliphatic heterocycles. The minimum absolute atomic E-state index is 0.120. The van der Waals surface area contributed by atoms with Crippen molar-refractivity contribution in [1.82, 2.24) is 9.78 Å². The van der Waals surface area contributed by atoms with E-state index in [2.05, 4.69) is 5.10 Å². The van der Waals surface area contributed by atoms with Crippen LogP contribution in [0.25, 0.3) is 5.69 Å². The Morgan fingerprint density at radius 2 is 1.91 bits per heavy atom. The average Bonchev–Trinajstić information content (AvgIpc) is 2.95. The number of aryl methyl sites for hydroxylation is 1.